The Morgan fingerprint density at radius 1 is 1.29 bits per heavy atom. The molecule has 0 aromatic heterocycles. The first-order chi connectivity index (χ1) is 11.3. The molecule has 4 unspecified atom stereocenters. The second-order valence-corrected chi connectivity index (χ2v) is 8.64. The van der Waals surface area contributed by atoms with Gasteiger partial charge < -0.3 is 9.84 Å². The lowest BCUT2D eigenvalue weighted by molar-refractivity contribution is -0.138. The van der Waals surface area contributed by atoms with Gasteiger partial charge >= 0.3 is 0 Å². The van der Waals surface area contributed by atoms with Crippen molar-refractivity contribution < 1.29 is 14.6 Å². The zero-order valence-electron chi connectivity index (χ0n) is 16.4. The molecule has 0 spiro atoms. The van der Waals surface area contributed by atoms with Crippen molar-refractivity contribution in [3.05, 3.63) is 0 Å². The first-order valence-electron chi connectivity index (χ1n) is 10.1. The van der Waals surface area contributed by atoms with E-state index in [4.69, 9.17) is 4.74 Å². The van der Waals surface area contributed by atoms with Gasteiger partial charge in [-0.05, 0) is 68.1 Å². The lowest BCUT2D eigenvalue weighted by Gasteiger charge is -2.46. The molecule has 3 nitrogen and oxygen atoms in total. The van der Waals surface area contributed by atoms with E-state index in [0.29, 0.717) is 48.5 Å². The van der Waals surface area contributed by atoms with Crippen molar-refractivity contribution in [2.24, 2.45) is 23.2 Å². The van der Waals surface area contributed by atoms with Gasteiger partial charge in [-0.2, -0.15) is 0 Å². The zero-order chi connectivity index (χ0) is 18.0. The Hall–Kier alpha value is -0.410. The molecule has 0 heterocycles. The highest BCUT2D eigenvalue weighted by Gasteiger charge is 2.52. The van der Waals surface area contributed by atoms with Crippen LogP contribution in [0, 0.1) is 23.2 Å². The molecule has 0 bridgehead atoms. The summed E-state index contributed by atoms with van der Waals surface area (Å²) in [5.41, 5.74) is -0.735. The molecular weight excluding hydrogens is 300 g/mol. The van der Waals surface area contributed by atoms with Crippen molar-refractivity contribution in [1.82, 2.24) is 0 Å². The Bertz CT molecular complexity index is 429. The molecule has 2 saturated carbocycles. The van der Waals surface area contributed by atoms with Gasteiger partial charge in [0.15, 0.2) is 5.78 Å². The fourth-order valence-electron chi connectivity index (χ4n) is 5.81. The number of ether oxygens (including phenoxy) is 1. The van der Waals surface area contributed by atoms with Crippen LogP contribution in [0.25, 0.3) is 0 Å². The summed E-state index contributed by atoms with van der Waals surface area (Å²) >= 11 is 0. The van der Waals surface area contributed by atoms with Gasteiger partial charge in [0.1, 0.15) is 5.60 Å². The maximum absolute atomic E-state index is 12.4. The maximum atomic E-state index is 12.4. The topological polar surface area (TPSA) is 46.5 Å². The Labute approximate surface area is 148 Å². The predicted octanol–water partition coefficient (Wildman–Crippen LogP) is 4.75. The van der Waals surface area contributed by atoms with E-state index in [1.807, 2.05) is 21.0 Å². The number of hydrogen-bond acceptors (Lipinski definition) is 3. The summed E-state index contributed by atoms with van der Waals surface area (Å²) < 4.78 is 5.78. The number of fused-ring (bicyclic) bond motifs is 1. The summed E-state index contributed by atoms with van der Waals surface area (Å²) in [5, 5.41) is 10.4. The minimum atomic E-state index is -1.10. The summed E-state index contributed by atoms with van der Waals surface area (Å²) in [4.78, 5) is 12.4. The van der Waals surface area contributed by atoms with Gasteiger partial charge in [-0.3, -0.25) is 4.79 Å². The van der Waals surface area contributed by atoms with Crippen LogP contribution in [0.1, 0.15) is 85.5 Å². The summed E-state index contributed by atoms with van der Waals surface area (Å²) in [7, 11) is 1.86. The average Bonchev–Trinajstić information content (AvgIpc) is 2.95. The standard InChI is InChI=1S/C21H38O3/c1-6-21(23,7-2)19(22)13-10-15(3)16-11-12-17-18(24-5)9-8-14-20(16,17)4/h15-18,23H,6-14H2,1-5H3/t15?,16?,17?,18?,20-/m1/s1. The lowest BCUT2D eigenvalue weighted by Crippen LogP contribution is -2.42. The largest absolute Gasteiger partial charge is 0.382 e. The van der Waals surface area contributed by atoms with E-state index in [0.717, 1.165) is 6.42 Å². The van der Waals surface area contributed by atoms with Crippen LogP contribution in [0.2, 0.25) is 0 Å². The maximum Gasteiger partial charge on any atom is 0.164 e. The molecule has 0 aromatic carbocycles. The van der Waals surface area contributed by atoms with Crippen LogP contribution < -0.4 is 0 Å². The first-order valence-corrected chi connectivity index (χ1v) is 10.1. The molecule has 0 aliphatic heterocycles. The fraction of sp³-hybridized carbons (Fsp3) is 0.952. The minimum Gasteiger partial charge on any atom is -0.382 e. The molecule has 1 N–H and O–H groups in total. The fourth-order valence-corrected chi connectivity index (χ4v) is 5.81. The van der Waals surface area contributed by atoms with E-state index < -0.39 is 5.60 Å². The van der Waals surface area contributed by atoms with Gasteiger partial charge in [0.25, 0.3) is 0 Å². The van der Waals surface area contributed by atoms with Crippen LogP contribution in [-0.4, -0.2) is 29.7 Å². The third-order valence-electron chi connectivity index (χ3n) is 7.64. The van der Waals surface area contributed by atoms with Crippen molar-refractivity contribution in [1.29, 1.82) is 0 Å². The molecule has 140 valence electrons. The Kier molecular flexibility index (Phi) is 6.52. The average molecular weight is 339 g/mol. The molecule has 2 aliphatic carbocycles. The van der Waals surface area contributed by atoms with Gasteiger partial charge in [0.05, 0.1) is 6.10 Å². The molecule has 2 rings (SSSR count). The number of aliphatic hydroxyl groups is 1. The number of Topliss-reactive ketones (excluding diaryl/α,β-unsaturated/α-hetero) is 1. The monoisotopic (exact) mass is 338 g/mol. The smallest absolute Gasteiger partial charge is 0.164 e. The molecule has 0 radical (unpaired) electrons. The molecule has 3 heteroatoms. The van der Waals surface area contributed by atoms with Gasteiger partial charge in [-0.15, -0.1) is 0 Å². The van der Waals surface area contributed by atoms with E-state index in [1.165, 1.54) is 32.1 Å². The quantitative estimate of drug-likeness (QED) is 0.694. The highest BCUT2D eigenvalue weighted by Crippen LogP contribution is 2.58. The first kappa shape index (κ1) is 19.9. The van der Waals surface area contributed by atoms with Crippen molar-refractivity contribution in [2.45, 2.75) is 97.2 Å². The Morgan fingerprint density at radius 3 is 2.54 bits per heavy atom. The Balaban J connectivity index is 1.98. The highest BCUT2D eigenvalue weighted by atomic mass is 16.5. The van der Waals surface area contributed by atoms with Crippen LogP contribution in [0.4, 0.5) is 0 Å². The van der Waals surface area contributed by atoms with Crippen LogP contribution in [0.3, 0.4) is 0 Å². The normalized spacial score (nSPS) is 34.8. The molecule has 2 aliphatic rings. The number of carbonyl (C=O) groups excluding carboxylic acids is 1. The SMILES string of the molecule is CCC(O)(CC)C(=O)CCC(C)C1CCC2C(OC)CCC[C@]12C. The summed E-state index contributed by atoms with van der Waals surface area (Å²) in [6.45, 7) is 8.59. The lowest BCUT2D eigenvalue weighted by atomic mass is 9.61. The van der Waals surface area contributed by atoms with E-state index >= 15 is 0 Å². The highest BCUT2D eigenvalue weighted by molar-refractivity contribution is 5.86. The van der Waals surface area contributed by atoms with Crippen LogP contribution in [0.15, 0.2) is 0 Å². The Morgan fingerprint density at radius 2 is 1.96 bits per heavy atom. The number of methoxy groups -OCH3 is 1. The minimum absolute atomic E-state index is 0.0393. The molecule has 5 atom stereocenters. The number of rotatable bonds is 8. The van der Waals surface area contributed by atoms with Crippen LogP contribution in [-0.2, 0) is 9.53 Å². The third kappa shape index (κ3) is 3.58. The van der Waals surface area contributed by atoms with Gasteiger partial charge in [0, 0.05) is 13.5 Å². The molecular formula is C21H38O3. The van der Waals surface area contributed by atoms with E-state index in [-0.39, 0.29) is 5.78 Å². The second-order valence-electron chi connectivity index (χ2n) is 8.64. The number of carbonyl (C=O) groups is 1. The molecule has 0 saturated heterocycles. The van der Waals surface area contributed by atoms with Crippen LogP contribution in [0.5, 0.6) is 0 Å². The third-order valence-corrected chi connectivity index (χ3v) is 7.64. The van der Waals surface area contributed by atoms with Crippen molar-refractivity contribution in [3.63, 3.8) is 0 Å². The number of hydrogen-bond donors (Lipinski definition) is 1. The zero-order valence-corrected chi connectivity index (χ0v) is 16.4. The van der Waals surface area contributed by atoms with Crippen molar-refractivity contribution >= 4 is 5.78 Å². The molecule has 24 heavy (non-hydrogen) atoms. The summed E-state index contributed by atoms with van der Waals surface area (Å²) in [5.74, 6) is 1.95. The molecule has 0 aromatic rings. The van der Waals surface area contributed by atoms with Gasteiger partial charge in [0.2, 0.25) is 0 Å². The van der Waals surface area contributed by atoms with E-state index in [9.17, 15) is 9.90 Å². The second kappa shape index (κ2) is 7.86. The van der Waals surface area contributed by atoms with E-state index in [1.54, 1.807) is 0 Å². The van der Waals surface area contributed by atoms with Crippen molar-refractivity contribution in [2.75, 3.05) is 7.11 Å². The summed E-state index contributed by atoms with van der Waals surface area (Å²) in [6.07, 6.45) is 9.20. The molecule has 0 amide bonds. The molecule has 2 fully saturated rings. The van der Waals surface area contributed by atoms with Gasteiger partial charge in [-0.1, -0.05) is 34.1 Å². The predicted molar refractivity (Wildman–Crippen MR) is 97.9 cm³/mol. The summed E-state index contributed by atoms with van der Waals surface area (Å²) in [6, 6.07) is 0. The van der Waals surface area contributed by atoms with Crippen LogP contribution >= 0.6 is 0 Å². The van der Waals surface area contributed by atoms with Crippen molar-refractivity contribution in [3.8, 4) is 0 Å². The van der Waals surface area contributed by atoms with Gasteiger partial charge in [-0.25, -0.2) is 0 Å². The van der Waals surface area contributed by atoms with E-state index in [2.05, 4.69) is 13.8 Å². The number of ketones is 1.